The summed E-state index contributed by atoms with van der Waals surface area (Å²) in [6.45, 7) is 4.10. The zero-order chi connectivity index (χ0) is 10.7. The standard InChI is InChI=1S/C12H21IO2/c1-10-2-3-11(8-10)15-12(9-13)4-6-14-7-5-12/h10-11H,2-9H2,1H3. The van der Waals surface area contributed by atoms with Crippen molar-refractivity contribution in [1.82, 2.24) is 0 Å². The molecule has 0 radical (unpaired) electrons. The first-order valence-corrected chi connectivity index (χ1v) is 7.58. The summed E-state index contributed by atoms with van der Waals surface area (Å²) in [6, 6.07) is 0. The average Bonchev–Trinajstić information content (AvgIpc) is 2.65. The van der Waals surface area contributed by atoms with Gasteiger partial charge in [-0.1, -0.05) is 29.5 Å². The molecule has 1 saturated carbocycles. The summed E-state index contributed by atoms with van der Waals surface area (Å²) in [5.74, 6) is 0.862. The number of ether oxygens (including phenoxy) is 2. The summed E-state index contributed by atoms with van der Waals surface area (Å²) in [4.78, 5) is 0. The Morgan fingerprint density at radius 3 is 2.60 bits per heavy atom. The SMILES string of the molecule is CC1CCC(OC2(CI)CCOCC2)C1. The summed E-state index contributed by atoms with van der Waals surface area (Å²) in [6.07, 6.45) is 6.56. The number of hydrogen-bond acceptors (Lipinski definition) is 2. The van der Waals surface area contributed by atoms with Gasteiger partial charge in [0.15, 0.2) is 0 Å². The molecule has 2 rings (SSSR count). The normalized spacial score (nSPS) is 35.6. The molecule has 0 spiro atoms. The highest BCUT2D eigenvalue weighted by Gasteiger charge is 2.36. The van der Waals surface area contributed by atoms with Crippen molar-refractivity contribution in [2.75, 3.05) is 17.6 Å². The third-order valence-corrected chi connectivity index (χ3v) is 5.10. The van der Waals surface area contributed by atoms with Crippen LogP contribution in [-0.4, -0.2) is 29.3 Å². The summed E-state index contributed by atoms with van der Waals surface area (Å²) in [5, 5.41) is 0. The van der Waals surface area contributed by atoms with E-state index in [2.05, 4.69) is 29.5 Å². The van der Waals surface area contributed by atoms with Gasteiger partial charge in [0.25, 0.3) is 0 Å². The Balaban J connectivity index is 1.89. The predicted octanol–water partition coefficient (Wildman–Crippen LogP) is 3.18. The molecule has 0 bridgehead atoms. The van der Waals surface area contributed by atoms with Crippen LogP contribution in [0.1, 0.15) is 39.0 Å². The molecule has 15 heavy (non-hydrogen) atoms. The first-order chi connectivity index (χ1) is 7.24. The molecule has 3 heteroatoms. The highest BCUT2D eigenvalue weighted by atomic mass is 127. The van der Waals surface area contributed by atoms with Gasteiger partial charge >= 0.3 is 0 Å². The summed E-state index contributed by atoms with van der Waals surface area (Å²) >= 11 is 2.47. The van der Waals surface area contributed by atoms with Crippen LogP contribution in [0.15, 0.2) is 0 Å². The van der Waals surface area contributed by atoms with Crippen LogP contribution in [0.3, 0.4) is 0 Å². The minimum Gasteiger partial charge on any atom is -0.381 e. The van der Waals surface area contributed by atoms with E-state index in [0.29, 0.717) is 6.10 Å². The predicted molar refractivity (Wildman–Crippen MR) is 69.6 cm³/mol. The lowest BCUT2D eigenvalue weighted by Crippen LogP contribution is -2.43. The van der Waals surface area contributed by atoms with Crippen LogP contribution in [-0.2, 0) is 9.47 Å². The van der Waals surface area contributed by atoms with E-state index in [1.165, 1.54) is 19.3 Å². The van der Waals surface area contributed by atoms with E-state index in [1.54, 1.807) is 0 Å². The van der Waals surface area contributed by atoms with Crippen molar-refractivity contribution in [3.63, 3.8) is 0 Å². The van der Waals surface area contributed by atoms with Gasteiger partial charge in [-0.15, -0.1) is 0 Å². The van der Waals surface area contributed by atoms with Crippen LogP contribution in [0.5, 0.6) is 0 Å². The summed E-state index contributed by atoms with van der Waals surface area (Å²) in [7, 11) is 0. The Bertz CT molecular complexity index is 202. The van der Waals surface area contributed by atoms with Crippen molar-refractivity contribution in [3.05, 3.63) is 0 Å². The molecule has 1 heterocycles. The fourth-order valence-corrected chi connectivity index (χ4v) is 3.58. The van der Waals surface area contributed by atoms with Gasteiger partial charge in [0.2, 0.25) is 0 Å². The maximum absolute atomic E-state index is 6.37. The molecule has 2 atom stereocenters. The zero-order valence-corrected chi connectivity index (χ0v) is 11.7. The van der Waals surface area contributed by atoms with Gasteiger partial charge in [-0.25, -0.2) is 0 Å². The van der Waals surface area contributed by atoms with E-state index in [0.717, 1.165) is 36.4 Å². The van der Waals surface area contributed by atoms with Crippen LogP contribution in [0.25, 0.3) is 0 Å². The number of halogens is 1. The highest BCUT2D eigenvalue weighted by molar-refractivity contribution is 14.1. The first kappa shape index (κ1) is 12.1. The molecule has 1 aliphatic heterocycles. The van der Waals surface area contributed by atoms with Crippen LogP contribution in [0, 0.1) is 5.92 Å². The molecular formula is C12H21IO2. The second-order valence-corrected chi connectivity index (χ2v) is 5.85. The molecular weight excluding hydrogens is 303 g/mol. The van der Waals surface area contributed by atoms with E-state index >= 15 is 0 Å². The van der Waals surface area contributed by atoms with Crippen LogP contribution >= 0.6 is 22.6 Å². The Morgan fingerprint density at radius 2 is 2.07 bits per heavy atom. The Labute approximate surface area is 106 Å². The molecule has 0 amide bonds. The van der Waals surface area contributed by atoms with Crippen molar-refractivity contribution in [2.45, 2.75) is 50.7 Å². The molecule has 1 saturated heterocycles. The van der Waals surface area contributed by atoms with Crippen LogP contribution in [0.2, 0.25) is 0 Å². The van der Waals surface area contributed by atoms with E-state index in [9.17, 15) is 0 Å². The van der Waals surface area contributed by atoms with Gasteiger partial charge in [0, 0.05) is 30.5 Å². The van der Waals surface area contributed by atoms with E-state index < -0.39 is 0 Å². The third-order valence-electron chi connectivity index (χ3n) is 3.71. The summed E-state index contributed by atoms with van der Waals surface area (Å²) in [5.41, 5.74) is 0.132. The fourth-order valence-electron chi connectivity index (χ4n) is 2.64. The average molecular weight is 324 g/mol. The lowest BCUT2D eigenvalue weighted by atomic mass is 9.96. The van der Waals surface area contributed by atoms with Crippen molar-refractivity contribution >= 4 is 22.6 Å². The molecule has 0 aromatic heterocycles. The van der Waals surface area contributed by atoms with Crippen molar-refractivity contribution in [2.24, 2.45) is 5.92 Å². The number of alkyl halides is 1. The smallest absolute Gasteiger partial charge is 0.0819 e. The monoisotopic (exact) mass is 324 g/mol. The molecule has 2 nitrogen and oxygen atoms in total. The maximum atomic E-state index is 6.37. The van der Waals surface area contributed by atoms with Crippen LogP contribution < -0.4 is 0 Å². The molecule has 2 aliphatic rings. The molecule has 1 aliphatic carbocycles. The largest absolute Gasteiger partial charge is 0.381 e. The van der Waals surface area contributed by atoms with Crippen LogP contribution in [0.4, 0.5) is 0 Å². The minimum atomic E-state index is 0.132. The topological polar surface area (TPSA) is 18.5 Å². The minimum absolute atomic E-state index is 0.132. The third kappa shape index (κ3) is 3.07. The van der Waals surface area contributed by atoms with Gasteiger partial charge in [-0.2, -0.15) is 0 Å². The zero-order valence-electron chi connectivity index (χ0n) is 9.51. The Kier molecular flexibility index (Phi) is 4.30. The number of hydrogen-bond donors (Lipinski definition) is 0. The molecule has 0 aromatic rings. The second-order valence-electron chi connectivity index (χ2n) is 5.09. The lowest BCUT2D eigenvalue weighted by molar-refractivity contribution is -0.126. The fraction of sp³-hybridized carbons (Fsp3) is 1.00. The highest BCUT2D eigenvalue weighted by Crippen LogP contribution is 2.35. The summed E-state index contributed by atoms with van der Waals surface area (Å²) < 4.78 is 12.9. The van der Waals surface area contributed by atoms with Crippen molar-refractivity contribution in [3.8, 4) is 0 Å². The van der Waals surface area contributed by atoms with Gasteiger partial charge in [-0.3, -0.25) is 0 Å². The molecule has 2 unspecified atom stereocenters. The van der Waals surface area contributed by atoms with Crippen molar-refractivity contribution < 1.29 is 9.47 Å². The molecule has 88 valence electrons. The quantitative estimate of drug-likeness (QED) is 0.586. The molecule has 0 N–H and O–H groups in total. The maximum Gasteiger partial charge on any atom is 0.0819 e. The molecule has 0 aromatic carbocycles. The number of rotatable bonds is 3. The lowest BCUT2D eigenvalue weighted by Gasteiger charge is -2.38. The van der Waals surface area contributed by atoms with Gasteiger partial charge in [-0.05, 0) is 25.2 Å². The Morgan fingerprint density at radius 1 is 1.33 bits per heavy atom. The van der Waals surface area contributed by atoms with E-state index in [-0.39, 0.29) is 5.60 Å². The second kappa shape index (κ2) is 5.32. The first-order valence-electron chi connectivity index (χ1n) is 6.06. The van der Waals surface area contributed by atoms with Gasteiger partial charge in [0.05, 0.1) is 11.7 Å². The van der Waals surface area contributed by atoms with E-state index in [1.807, 2.05) is 0 Å². The van der Waals surface area contributed by atoms with Gasteiger partial charge in [0.1, 0.15) is 0 Å². The Hall–Kier alpha value is 0.650. The van der Waals surface area contributed by atoms with Crippen molar-refractivity contribution in [1.29, 1.82) is 0 Å². The van der Waals surface area contributed by atoms with Gasteiger partial charge < -0.3 is 9.47 Å². The van der Waals surface area contributed by atoms with E-state index in [4.69, 9.17) is 9.47 Å². The molecule has 2 fully saturated rings.